The number of nitrogens with zero attached hydrogens (tertiary/aromatic N) is 2. The molecule has 0 aliphatic rings. The van der Waals surface area contributed by atoms with Gasteiger partial charge in [0.1, 0.15) is 24.3 Å². The summed E-state index contributed by atoms with van der Waals surface area (Å²) in [6, 6.07) is 19.5. The zero-order valence-electron chi connectivity index (χ0n) is 18.6. The number of hydrogen-bond acceptors (Lipinski definition) is 5. The molecule has 3 aromatic carbocycles. The summed E-state index contributed by atoms with van der Waals surface area (Å²) in [4.78, 5) is 7.75. The third kappa shape index (κ3) is 5.44. The summed E-state index contributed by atoms with van der Waals surface area (Å²) in [7, 11) is 1.61. The Kier molecular flexibility index (Phi) is 7.56. The van der Waals surface area contributed by atoms with Gasteiger partial charge in [-0.2, -0.15) is 5.26 Å². The fraction of sp³-hybridized carbons (Fsp3) is 0.154. The number of hydrogen-bond donors (Lipinski definition) is 1. The molecule has 1 aromatic heterocycles. The number of imidazole rings is 1. The van der Waals surface area contributed by atoms with Crippen LogP contribution < -0.4 is 14.2 Å². The van der Waals surface area contributed by atoms with E-state index in [1.807, 2.05) is 61.5 Å². The predicted octanol–water partition coefficient (Wildman–Crippen LogP) is 7.14. The summed E-state index contributed by atoms with van der Waals surface area (Å²) >= 11 is 7.05. The molecule has 0 radical (unpaired) electrons. The number of allylic oxidation sites excluding steroid dienone is 1. The number of ether oxygens (including phenoxy) is 3. The predicted molar refractivity (Wildman–Crippen MR) is 140 cm³/mol. The van der Waals surface area contributed by atoms with Gasteiger partial charge in [-0.1, -0.05) is 28.1 Å². The molecular formula is C26H21Br2N3O3. The smallest absolute Gasteiger partial charge is 0.175 e. The molecule has 8 heteroatoms. The van der Waals surface area contributed by atoms with Gasteiger partial charge in [-0.3, -0.25) is 0 Å². The van der Waals surface area contributed by atoms with Crippen molar-refractivity contribution in [1.29, 1.82) is 5.26 Å². The van der Waals surface area contributed by atoms with Crippen LogP contribution in [0.5, 0.6) is 17.2 Å². The summed E-state index contributed by atoms with van der Waals surface area (Å²) in [6.07, 6.45) is 1.76. The van der Waals surface area contributed by atoms with Crippen molar-refractivity contribution >= 4 is 54.5 Å². The summed E-state index contributed by atoms with van der Waals surface area (Å²) in [6.45, 7) is 2.79. The largest absolute Gasteiger partial charge is 0.497 e. The highest BCUT2D eigenvalue weighted by Gasteiger charge is 2.14. The lowest BCUT2D eigenvalue weighted by molar-refractivity contribution is 0.267. The zero-order valence-corrected chi connectivity index (χ0v) is 21.7. The van der Waals surface area contributed by atoms with E-state index in [2.05, 4.69) is 47.9 Å². The van der Waals surface area contributed by atoms with Crippen LogP contribution in [0.3, 0.4) is 0 Å². The minimum atomic E-state index is 0.396. The molecule has 1 N–H and O–H groups in total. The third-order valence-electron chi connectivity index (χ3n) is 5.00. The lowest BCUT2D eigenvalue weighted by Gasteiger charge is -2.15. The van der Waals surface area contributed by atoms with Gasteiger partial charge in [-0.15, -0.1) is 0 Å². The molecule has 0 aliphatic carbocycles. The van der Waals surface area contributed by atoms with Crippen molar-refractivity contribution in [1.82, 2.24) is 9.97 Å². The highest BCUT2D eigenvalue weighted by Crippen LogP contribution is 2.38. The number of aromatic nitrogens is 2. The number of nitrogens with one attached hydrogen (secondary N) is 1. The van der Waals surface area contributed by atoms with E-state index in [1.54, 1.807) is 13.2 Å². The average molecular weight is 583 g/mol. The van der Waals surface area contributed by atoms with Crippen molar-refractivity contribution in [2.75, 3.05) is 13.7 Å². The van der Waals surface area contributed by atoms with Crippen molar-refractivity contribution in [3.8, 4) is 23.3 Å². The van der Waals surface area contributed by atoms with Gasteiger partial charge in [-0.25, -0.2) is 4.98 Å². The summed E-state index contributed by atoms with van der Waals surface area (Å²) in [5.74, 6) is 2.40. The number of aromatic amines is 1. The van der Waals surface area contributed by atoms with Crippen molar-refractivity contribution in [2.45, 2.75) is 13.5 Å². The molecule has 0 aliphatic heterocycles. The molecule has 0 unspecified atom stereocenters. The Hall–Kier alpha value is -3.28. The second-order valence-corrected chi connectivity index (χ2v) is 9.09. The molecular weight excluding hydrogens is 562 g/mol. The van der Waals surface area contributed by atoms with Gasteiger partial charge in [0.25, 0.3) is 0 Å². The number of methoxy groups -OCH3 is 1. The van der Waals surface area contributed by atoms with Crippen LogP contribution in [0.4, 0.5) is 0 Å². The minimum absolute atomic E-state index is 0.396. The van der Waals surface area contributed by atoms with Gasteiger partial charge in [0.2, 0.25) is 0 Å². The van der Waals surface area contributed by atoms with E-state index < -0.39 is 0 Å². The normalized spacial score (nSPS) is 11.3. The lowest BCUT2D eigenvalue weighted by Crippen LogP contribution is -2.01. The fourth-order valence-corrected chi connectivity index (χ4v) is 4.21. The lowest BCUT2D eigenvalue weighted by atomic mass is 10.1. The van der Waals surface area contributed by atoms with Gasteiger partial charge in [0.05, 0.1) is 34.8 Å². The Bertz CT molecular complexity index is 1390. The molecule has 34 heavy (non-hydrogen) atoms. The number of halogens is 2. The van der Waals surface area contributed by atoms with Crippen LogP contribution in [0.2, 0.25) is 0 Å². The Morgan fingerprint density at radius 3 is 2.59 bits per heavy atom. The quantitative estimate of drug-likeness (QED) is 0.223. The molecule has 0 saturated heterocycles. The number of rotatable bonds is 8. The van der Waals surface area contributed by atoms with Crippen molar-refractivity contribution < 1.29 is 14.2 Å². The maximum Gasteiger partial charge on any atom is 0.175 e. The van der Waals surface area contributed by atoms with E-state index in [9.17, 15) is 5.26 Å². The van der Waals surface area contributed by atoms with E-state index in [0.717, 1.165) is 31.1 Å². The van der Waals surface area contributed by atoms with Crippen LogP contribution in [0.15, 0.2) is 63.5 Å². The molecule has 1 heterocycles. The Morgan fingerprint density at radius 2 is 1.88 bits per heavy atom. The molecule has 4 rings (SSSR count). The first-order valence-electron chi connectivity index (χ1n) is 10.5. The molecule has 0 bridgehead atoms. The van der Waals surface area contributed by atoms with E-state index >= 15 is 0 Å². The first-order valence-corrected chi connectivity index (χ1v) is 12.1. The molecule has 0 spiro atoms. The van der Waals surface area contributed by atoms with E-state index in [0.29, 0.717) is 41.9 Å². The van der Waals surface area contributed by atoms with E-state index in [-0.39, 0.29) is 0 Å². The second-order valence-electron chi connectivity index (χ2n) is 7.32. The zero-order chi connectivity index (χ0) is 24.1. The summed E-state index contributed by atoms with van der Waals surface area (Å²) in [5.41, 5.74) is 3.76. The second kappa shape index (κ2) is 10.8. The SMILES string of the molecule is CCOc1cc(/C=C(/C#N)c2nc3ccc(OC)cc3[nH]2)cc(Br)c1OCc1ccc(Br)cc1. The van der Waals surface area contributed by atoms with Crippen molar-refractivity contribution in [2.24, 2.45) is 0 Å². The monoisotopic (exact) mass is 581 g/mol. The highest BCUT2D eigenvalue weighted by molar-refractivity contribution is 9.10. The van der Waals surface area contributed by atoms with Gasteiger partial charge in [0.15, 0.2) is 11.5 Å². The van der Waals surface area contributed by atoms with Crippen LogP contribution in [0, 0.1) is 11.3 Å². The Balaban J connectivity index is 1.65. The van der Waals surface area contributed by atoms with Gasteiger partial charge < -0.3 is 19.2 Å². The van der Waals surface area contributed by atoms with E-state index in [1.165, 1.54) is 0 Å². The summed E-state index contributed by atoms with van der Waals surface area (Å²) in [5, 5.41) is 9.82. The first-order chi connectivity index (χ1) is 16.5. The highest BCUT2D eigenvalue weighted by atomic mass is 79.9. The van der Waals surface area contributed by atoms with Crippen LogP contribution >= 0.6 is 31.9 Å². The molecule has 0 fully saturated rings. The Morgan fingerprint density at radius 1 is 1.09 bits per heavy atom. The fourth-order valence-electron chi connectivity index (χ4n) is 3.37. The first kappa shape index (κ1) is 23.9. The summed E-state index contributed by atoms with van der Waals surface area (Å²) < 4.78 is 18.9. The maximum absolute atomic E-state index is 9.82. The maximum atomic E-state index is 9.82. The number of fused-ring (bicyclic) bond motifs is 1. The standard InChI is InChI=1S/C26H21Br2N3O3/c1-3-33-24-12-17(11-21(28)25(24)34-15-16-4-6-19(27)7-5-16)10-18(14-29)26-30-22-9-8-20(32-2)13-23(22)31-26/h4-13H,3,15H2,1-2H3,(H,30,31)/b18-10-. The van der Waals surface area contributed by atoms with Crippen LogP contribution in [-0.2, 0) is 6.61 Å². The molecule has 6 nitrogen and oxygen atoms in total. The van der Waals surface area contributed by atoms with Gasteiger partial charge in [0, 0.05) is 10.5 Å². The molecule has 4 aromatic rings. The number of H-pyrrole nitrogens is 1. The van der Waals surface area contributed by atoms with Crippen LogP contribution in [0.1, 0.15) is 23.9 Å². The molecule has 172 valence electrons. The number of benzene rings is 3. The van der Waals surface area contributed by atoms with Gasteiger partial charge in [-0.05, 0) is 76.5 Å². The molecule has 0 saturated carbocycles. The average Bonchev–Trinajstić information content (AvgIpc) is 3.26. The molecule has 0 amide bonds. The Labute approximate surface area is 214 Å². The van der Waals surface area contributed by atoms with E-state index in [4.69, 9.17) is 14.2 Å². The topological polar surface area (TPSA) is 80.2 Å². The minimum Gasteiger partial charge on any atom is -0.497 e. The van der Waals surface area contributed by atoms with Gasteiger partial charge >= 0.3 is 0 Å². The van der Waals surface area contributed by atoms with Crippen molar-refractivity contribution in [3.05, 3.63) is 80.5 Å². The van der Waals surface area contributed by atoms with Crippen LogP contribution in [-0.4, -0.2) is 23.7 Å². The number of nitriles is 1. The third-order valence-corrected chi connectivity index (χ3v) is 6.12. The molecule has 0 atom stereocenters. The van der Waals surface area contributed by atoms with Crippen molar-refractivity contribution in [3.63, 3.8) is 0 Å². The van der Waals surface area contributed by atoms with Crippen LogP contribution in [0.25, 0.3) is 22.7 Å².